The van der Waals surface area contributed by atoms with Crippen molar-refractivity contribution in [3.63, 3.8) is 0 Å². The number of hydrogen-bond donors (Lipinski definition) is 1. The van der Waals surface area contributed by atoms with Crippen LogP contribution in [0.5, 0.6) is 0 Å². The maximum Gasteiger partial charge on any atom is 0.275 e. The molecule has 0 radical (unpaired) electrons. The molecule has 0 saturated heterocycles. The summed E-state index contributed by atoms with van der Waals surface area (Å²) < 4.78 is 30.2. The van der Waals surface area contributed by atoms with Gasteiger partial charge in [-0.25, -0.2) is 10.1 Å². The fraction of sp³-hybridized carbons (Fsp3) is 0.333. The number of hydrazine groups is 1. The molecule has 7 nitrogen and oxygen atoms in total. The first-order chi connectivity index (χ1) is 6.32. The van der Waals surface area contributed by atoms with Gasteiger partial charge in [0.05, 0.1) is 12.4 Å². The van der Waals surface area contributed by atoms with E-state index in [1.165, 1.54) is 6.92 Å². The van der Waals surface area contributed by atoms with E-state index in [9.17, 15) is 18.5 Å². The summed E-state index contributed by atoms with van der Waals surface area (Å²) >= 11 is 0. The molecular formula is C6H8N2O5S. The monoisotopic (exact) mass is 220 g/mol. The maximum absolute atomic E-state index is 10.7. The van der Waals surface area contributed by atoms with E-state index in [4.69, 9.17) is 4.55 Å². The van der Waals surface area contributed by atoms with Gasteiger partial charge in [0, 0.05) is 0 Å². The lowest BCUT2D eigenvalue weighted by Gasteiger charge is -2.16. The Labute approximate surface area is 80.2 Å². The van der Waals surface area contributed by atoms with Gasteiger partial charge in [-0.1, -0.05) is 5.01 Å². The number of hydrogen-bond acceptors (Lipinski definition) is 4. The number of nitrogens with zero attached hydrogens (tertiary/aromatic N) is 2. The molecule has 0 spiro atoms. The highest BCUT2D eigenvalue weighted by molar-refractivity contribution is 7.86. The normalized spacial score (nSPS) is 22.0. The van der Waals surface area contributed by atoms with Crippen LogP contribution in [0.25, 0.3) is 0 Å². The molecule has 0 saturated carbocycles. The Hall–Kier alpha value is -1.41. The van der Waals surface area contributed by atoms with Crippen molar-refractivity contribution >= 4 is 10.1 Å². The molecule has 1 unspecified atom stereocenters. The van der Waals surface area contributed by atoms with Gasteiger partial charge < -0.3 is 0 Å². The summed E-state index contributed by atoms with van der Waals surface area (Å²) in [7, 11) is -4.23. The number of rotatable bonds is 2. The molecule has 0 amide bonds. The molecule has 14 heavy (non-hydrogen) atoms. The van der Waals surface area contributed by atoms with Crippen LogP contribution in [0.3, 0.4) is 0 Å². The van der Waals surface area contributed by atoms with Crippen LogP contribution in [0.1, 0.15) is 6.92 Å². The molecular weight excluding hydrogens is 212 g/mol. The Balaban J connectivity index is 2.99. The highest BCUT2D eigenvalue weighted by atomic mass is 32.2. The Morgan fingerprint density at radius 1 is 1.64 bits per heavy atom. The zero-order chi connectivity index (χ0) is 10.9. The van der Waals surface area contributed by atoms with Gasteiger partial charge in [0.1, 0.15) is 5.25 Å². The second-order valence-electron chi connectivity index (χ2n) is 2.77. The largest absolute Gasteiger partial charge is 0.285 e. The standard InChI is InChI=1S/C6H8N2O5S/c1-5-4-7(8(9)10)3-2-6(5)14(11,12)13/h2-4,6H,1H3,(H,11,12,13). The van der Waals surface area contributed by atoms with Gasteiger partial charge in [-0.3, -0.25) is 4.55 Å². The van der Waals surface area contributed by atoms with Crippen molar-refractivity contribution in [3.8, 4) is 0 Å². The summed E-state index contributed by atoms with van der Waals surface area (Å²) in [6.07, 6.45) is 3.07. The molecule has 1 rings (SSSR count). The molecule has 1 aliphatic rings. The molecule has 0 aliphatic carbocycles. The molecule has 78 valence electrons. The molecule has 1 N–H and O–H groups in total. The second kappa shape index (κ2) is 3.39. The van der Waals surface area contributed by atoms with Crippen LogP contribution < -0.4 is 0 Å². The van der Waals surface area contributed by atoms with E-state index in [0.717, 1.165) is 18.5 Å². The van der Waals surface area contributed by atoms with Crippen molar-refractivity contribution < 1.29 is 18.0 Å². The SMILES string of the molecule is CC1=CN([N+](=O)[O-])C=CC1S(=O)(=O)O. The molecule has 8 heteroatoms. The van der Waals surface area contributed by atoms with Crippen LogP contribution in [0, 0.1) is 10.1 Å². The minimum Gasteiger partial charge on any atom is -0.285 e. The van der Waals surface area contributed by atoms with Crippen LogP contribution in [-0.4, -0.2) is 28.3 Å². The average Bonchev–Trinajstić information content (AvgIpc) is 2.01. The summed E-state index contributed by atoms with van der Waals surface area (Å²) in [5.41, 5.74) is 0.187. The van der Waals surface area contributed by atoms with Crippen molar-refractivity contribution in [2.75, 3.05) is 0 Å². The summed E-state index contributed by atoms with van der Waals surface area (Å²) in [6, 6.07) is 0. The van der Waals surface area contributed by atoms with Crippen molar-refractivity contribution in [1.82, 2.24) is 5.01 Å². The molecule has 0 aromatic heterocycles. The van der Waals surface area contributed by atoms with E-state index in [0.29, 0.717) is 5.01 Å². The molecule has 0 aromatic rings. The third kappa shape index (κ3) is 2.09. The van der Waals surface area contributed by atoms with Crippen LogP contribution in [0.15, 0.2) is 24.0 Å². The van der Waals surface area contributed by atoms with Crippen molar-refractivity contribution in [2.45, 2.75) is 12.2 Å². The minimum atomic E-state index is -4.23. The van der Waals surface area contributed by atoms with Gasteiger partial charge in [0.2, 0.25) is 0 Å². The molecule has 0 bridgehead atoms. The van der Waals surface area contributed by atoms with Crippen LogP contribution in [0.2, 0.25) is 0 Å². The molecule has 1 aliphatic heterocycles. The quantitative estimate of drug-likeness (QED) is 0.404. The van der Waals surface area contributed by atoms with Gasteiger partial charge in [0.25, 0.3) is 10.1 Å². The summed E-state index contributed by atoms with van der Waals surface area (Å²) in [6.45, 7) is 1.39. The highest BCUT2D eigenvalue weighted by Gasteiger charge is 2.27. The van der Waals surface area contributed by atoms with Gasteiger partial charge >= 0.3 is 0 Å². The highest BCUT2D eigenvalue weighted by Crippen LogP contribution is 2.18. The Kier molecular flexibility index (Phi) is 2.58. The Morgan fingerprint density at radius 2 is 2.21 bits per heavy atom. The Bertz CT molecular complexity index is 410. The molecule has 1 atom stereocenters. The first kappa shape index (κ1) is 10.7. The molecule has 0 fully saturated rings. The number of nitro groups is 1. The van der Waals surface area contributed by atoms with Gasteiger partial charge in [0.15, 0.2) is 5.03 Å². The average molecular weight is 220 g/mol. The second-order valence-corrected chi connectivity index (χ2v) is 4.31. The minimum absolute atomic E-state index is 0.187. The van der Waals surface area contributed by atoms with E-state index >= 15 is 0 Å². The lowest BCUT2D eigenvalue weighted by molar-refractivity contribution is -0.624. The fourth-order valence-electron chi connectivity index (χ4n) is 1.08. The summed E-state index contributed by atoms with van der Waals surface area (Å²) in [4.78, 5) is 10.3. The van der Waals surface area contributed by atoms with E-state index in [-0.39, 0.29) is 5.57 Å². The van der Waals surface area contributed by atoms with E-state index in [2.05, 4.69) is 0 Å². The van der Waals surface area contributed by atoms with Gasteiger partial charge in [-0.2, -0.15) is 8.42 Å². The molecule has 1 heterocycles. The predicted molar refractivity (Wildman–Crippen MR) is 47.1 cm³/mol. The van der Waals surface area contributed by atoms with Crippen molar-refractivity contribution in [2.24, 2.45) is 0 Å². The van der Waals surface area contributed by atoms with E-state index in [1.807, 2.05) is 0 Å². The lowest BCUT2D eigenvalue weighted by Crippen LogP contribution is -2.28. The zero-order valence-electron chi connectivity index (χ0n) is 7.19. The fourth-order valence-corrected chi connectivity index (χ4v) is 1.88. The topological polar surface area (TPSA) is 101 Å². The predicted octanol–water partition coefficient (Wildman–Crippen LogP) is 0.168. The summed E-state index contributed by atoms with van der Waals surface area (Å²) in [5, 5.41) is 9.00. The lowest BCUT2D eigenvalue weighted by atomic mass is 10.2. The smallest absolute Gasteiger partial charge is 0.275 e. The third-order valence-electron chi connectivity index (χ3n) is 1.71. The molecule has 0 aromatic carbocycles. The Morgan fingerprint density at radius 3 is 2.57 bits per heavy atom. The van der Waals surface area contributed by atoms with Crippen LogP contribution >= 0.6 is 0 Å². The zero-order valence-corrected chi connectivity index (χ0v) is 8.01. The van der Waals surface area contributed by atoms with Crippen molar-refractivity contribution in [1.29, 1.82) is 0 Å². The van der Waals surface area contributed by atoms with Gasteiger partial charge in [-0.05, 0) is 18.6 Å². The third-order valence-corrected chi connectivity index (χ3v) is 2.88. The maximum atomic E-state index is 10.7. The van der Waals surface area contributed by atoms with Crippen molar-refractivity contribution in [3.05, 3.63) is 34.2 Å². The van der Waals surface area contributed by atoms with Crippen LogP contribution in [0.4, 0.5) is 0 Å². The first-order valence-electron chi connectivity index (χ1n) is 3.58. The summed E-state index contributed by atoms with van der Waals surface area (Å²) in [5.74, 6) is 0. The van der Waals surface area contributed by atoms with Crippen LogP contribution in [-0.2, 0) is 10.1 Å². The van der Waals surface area contributed by atoms with E-state index in [1.54, 1.807) is 0 Å². The van der Waals surface area contributed by atoms with Gasteiger partial charge in [-0.15, -0.1) is 0 Å². The van der Waals surface area contributed by atoms with E-state index < -0.39 is 20.4 Å². The first-order valence-corrected chi connectivity index (χ1v) is 5.08.